The van der Waals surface area contributed by atoms with Crippen molar-refractivity contribution in [3.63, 3.8) is 0 Å². The van der Waals surface area contributed by atoms with Gasteiger partial charge in [-0.05, 0) is 61.4 Å². The van der Waals surface area contributed by atoms with E-state index >= 15 is 0 Å². The molecule has 0 amide bonds. The first-order valence-corrected chi connectivity index (χ1v) is 8.03. The fourth-order valence-corrected chi connectivity index (χ4v) is 3.48. The van der Waals surface area contributed by atoms with E-state index in [4.69, 9.17) is 23.2 Å². The minimum Gasteiger partial charge on any atom is -0.317 e. The first kappa shape index (κ1) is 15.2. The minimum atomic E-state index is 0.609. The highest BCUT2D eigenvalue weighted by atomic mass is 35.5. The molecule has 1 aliphatic rings. The van der Waals surface area contributed by atoms with E-state index in [0.717, 1.165) is 19.0 Å². The van der Waals surface area contributed by atoms with Gasteiger partial charge in [0.1, 0.15) is 0 Å². The topological polar surface area (TPSA) is 12.0 Å². The van der Waals surface area contributed by atoms with Crippen molar-refractivity contribution >= 4 is 23.2 Å². The number of hydrogen-bond acceptors (Lipinski definition) is 1. The molecule has 0 spiro atoms. The van der Waals surface area contributed by atoms with Crippen molar-refractivity contribution in [2.45, 2.75) is 39.0 Å². The van der Waals surface area contributed by atoms with Crippen molar-refractivity contribution < 1.29 is 0 Å². The average Bonchev–Trinajstić information content (AvgIpc) is 2.40. The van der Waals surface area contributed by atoms with Crippen LogP contribution in [0.25, 0.3) is 0 Å². The minimum absolute atomic E-state index is 0.609. The third kappa shape index (κ3) is 3.87. The average molecular weight is 300 g/mol. The van der Waals surface area contributed by atoms with Gasteiger partial charge in [-0.2, -0.15) is 0 Å². The number of hydrogen-bond donors (Lipinski definition) is 1. The summed E-state index contributed by atoms with van der Waals surface area (Å²) in [6, 6.07) is 6.14. The van der Waals surface area contributed by atoms with Gasteiger partial charge in [0.2, 0.25) is 0 Å². The molecule has 0 bridgehead atoms. The molecule has 1 N–H and O–H groups in total. The standard InChI is InChI=1S/C16H23Cl2N/c1-3-19-10-13-5-4-11(2)8-14(13)12-6-7-15(17)16(18)9-12/h6-7,9,11,13-14,19H,3-5,8,10H2,1-2H3. The highest BCUT2D eigenvalue weighted by molar-refractivity contribution is 6.42. The second-order valence-electron chi connectivity index (χ2n) is 5.77. The van der Waals surface area contributed by atoms with Crippen molar-refractivity contribution in [3.8, 4) is 0 Å². The molecule has 0 radical (unpaired) electrons. The Morgan fingerprint density at radius 3 is 2.68 bits per heavy atom. The molecule has 3 unspecified atom stereocenters. The van der Waals surface area contributed by atoms with Crippen LogP contribution in [0.5, 0.6) is 0 Å². The van der Waals surface area contributed by atoms with Crippen LogP contribution in [0.1, 0.15) is 44.6 Å². The summed E-state index contributed by atoms with van der Waals surface area (Å²) in [6.07, 6.45) is 3.90. The Morgan fingerprint density at radius 2 is 2.00 bits per heavy atom. The Morgan fingerprint density at radius 1 is 1.21 bits per heavy atom. The summed E-state index contributed by atoms with van der Waals surface area (Å²) in [5, 5.41) is 4.83. The summed E-state index contributed by atoms with van der Waals surface area (Å²) in [4.78, 5) is 0. The Bertz CT molecular complexity index is 417. The molecule has 3 atom stereocenters. The zero-order valence-corrected chi connectivity index (χ0v) is 13.3. The van der Waals surface area contributed by atoms with Crippen LogP contribution in [0.4, 0.5) is 0 Å². The predicted octanol–water partition coefficient (Wildman–Crippen LogP) is 5.12. The smallest absolute Gasteiger partial charge is 0.0595 e. The van der Waals surface area contributed by atoms with E-state index in [0.29, 0.717) is 21.9 Å². The van der Waals surface area contributed by atoms with Gasteiger partial charge in [-0.1, -0.05) is 49.5 Å². The quantitative estimate of drug-likeness (QED) is 0.813. The van der Waals surface area contributed by atoms with Gasteiger partial charge in [0, 0.05) is 0 Å². The Kier molecular flexibility index (Phi) is 5.56. The SMILES string of the molecule is CCNCC1CCC(C)CC1c1ccc(Cl)c(Cl)c1. The van der Waals surface area contributed by atoms with Crippen LogP contribution >= 0.6 is 23.2 Å². The first-order valence-electron chi connectivity index (χ1n) is 7.27. The molecule has 0 saturated heterocycles. The lowest BCUT2D eigenvalue weighted by atomic mass is 9.71. The third-order valence-electron chi connectivity index (χ3n) is 4.28. The summed E-state index contributed by atoms with van der Waals surface area (Å²) in [6.45, 7) is 6.67. The molecule has 1 fully saturated rings. The number of rotatable bonds is 4. The third-order valence-corrected chi connectivity index (χ3v) is 5.02. The molecule has 0 heterocycles. The fraction of sp³-hybridized carbons (Fsp3) is 0.625. The van der Waals surface area contributed by atoms with Crippen LogP contribution in [0.2, 0.25) is 10.0 Å². The van der Waals surface area contributed by atoms with Crippen LogP contribution in [-0.4, -0.2) is 13.1 Å². The second-order valence-corrected chi connectivity index (χ2v) is 6.58. The van der Waals surface area contributed by atoms with E-state index in [-0.39, 0.29) is 0 Å². The lowest BCUT2D eigenvalue weighted by Crippen LogP contribution is -2.31. The van der Waals surface area contributed by atoms with Crippen LogP contribution in [-0.2, 0) is 0 Å². The zero-order chi connectivity index (χ0) is 13.8. The molecule has 3 heteroatoms. The molecule has 1 saturated carbocycles. The molecule has 19 heavy (non-hydrogen) atoms. The van der Waals surface area contributed by atoms with Crippen molar-refractivity contribution in [1.82, 2.24) is 5.32 Å². The second kappa shape index (κ2) is 6.97. The Balaban J connectivity index is 2.18. The van der Waals surface area contributed by atoms with Crippen LogP contribution < -0.4 is 5.32 Å². The summed E-state index contributed by atoms with van der Waals surface area (Å²) >= 11 is 12.2. The lowest BCUT2D eigenvalue weighted by molar-refractivity contribution is 0.243. The molecule has 1 aliphatic carbocycles. The summed E-state index contributed by atoms with van der Waals surface area (Å²) in [7, 11) is 0. The molecule has 106 valence electrons. The van der Waals surface area contributed by atoms with E-state index in [9.17, 15) is 0 Å². The van der Waals surface area contributed by atoms with E-state index in [1.807, 2.05) is 6.07 Å². The molecule has 0 aliphatic heterocycles. The summed E-state index contributed by atoms with van der Waals surface area (Å²) in [5.74, 6) is 2.13. The van der Waals surface area contributed by atoms with E-state index in [2.05, 4.69) is 31.3 Å². The predicted molar refractivity (Wildman–Crippen MR) is 84.3 cm³/mol. The maximum Gasteiger partial charge on any atom is 0.0595 e. The van der Waals surface area contributed by atoms with Crippen LogP contribution in [0.3, 0.4) is 0 Å². The molecule has 0 aromatic heterocycles. The van der Waals surface area contributed by atoms with Gasteiger partial charge in [-0.25, -0.2) is 0 Å². The lowest BCUT2D eigenvalue weighted by Gasteiger charge is -2.35. The molecular weight excluding hydrogens is 277 g/mol. The fourth-order valence-electron chi connectivity index (χ4n) is 3.17. The maximum absolute atomic E-state index is 6.17. The number of nitrogens with one attached hydrogen (secondary N) is 1. The molecule has 1 aromatic carbocycles. The maximum atomic E-state index is 6.17. The largest absolute Gasteiger partial charge is 0.317 e. The van der Waals surface area contributed by atoms with Crippen molar-refractivity contribution in [3.05, 3.63) is 33.8 Å². The number of benzene rings is 1. The van der Waals surface area contributed by atoms with E-state index in [1.165, 1.54) is 24.8 Å². The molecular formula is C16H23Cl2N. The van der Waals surface area contributed by atoms with Crippen molar-refractivity contribution in [1.29, 1.82) is 0 Å². The van der Waals surface area contributed by atoms with Gasteiger partial charge in [0.15, 0.2) is 0 Å². The van der Waals surface area contributed by atoms with E-state index < -0.39 is 0 Å². The monoisotopic (exact) mass is 299 g/mol. The number of halogens is 2. The van der Waals surface area contributed by atoms with Gasteiger partial charge >= 0.3 is 0 Å². The molecule has 1 nitrogen and oxygen atoms in total. The van der Waals surface area contributed by atoms with Crippen LogP contribution in [0.15, 0.2) is 18.2 Å². The summed E-state index contributed by atoms with van der Waals surface area (Å²) in [5.41, 5.74) is 1.35. The highest BCUT2D eigenvalue weighted by Crippen LogP contribution is 2.41. The molecule has 1 aromatic rings. The Labute approximate surface area is 126 Å². The van der Waals surface area contributed by atoms with Crippen LogP contribution in [0, 0.1) is 11.8 Å². The van der Waals surface area contributed by atoms with Gasteiger partial charge in [0.05, 0.1) is 10.0 Å². The van der Waals surface area contributed by atoms with Gasteiger partial charge in [-0.3, -0.25) is 0 Å². The van der Waals surface area contributed by atoms with E-state index in [1.54, 1.807) is 0 Å². The Hall–Kier alpha value is -0.240. The molecule has 2 rings (SSSR count). The van der Waals surface area contributed by atoms with Crippen molar-refractivity contribution in [2.24, 2.45) is 11.8 Å². The van der Waals surface area contributed by atoms with Gasteiger partial charge in [0.25, 0.3) is 0 Å². The zero-order valence-electron chi connectivity index (χ0n) is 11.8. The van der Waals surface area contributed by atoms with Gasteiger partial charge in [-0.15, -0.1) is 0 Å². The normalized spacial score (nSPS) is 27.5. The van der Waals surface area contributed by atoms with Gasteiger partial charge < -0.3 is 5.32 Å². The summed E-state index contributed by atoms with van der Waals surface area (Å²) < 4.78 is 0. The van der Waals surface area contributed by atoms with Crippen molar-refractivity contribution in [2.75, 3.05) is 13.1 Å². The highest BCUT2D eigenvalue weighted by Gasteiger charge is 2.29. The first-order chi connectivity index (χ1) is 9.11.